The fraction of sp³-hybridized carbons (Fsp3) is 0.750. The second-order valence-corrected chi connectivity index (χ2v) is 6.97. The molecule has 0 bridgehead atoms. The third-order valence-corrected chi connectivity index (χ3v) is 4.66. The zero-order chi connectivity index (χ0) is 14.3. The van der Waals surface area contributed by atoms with Gasteiger partial charge in [-0.3, -0.25) is 0 Å². The molecule has 20 heavy (non-hydrogen) atoms. The molecule has 4 heteroatoms. The van der Waals surface area contributed by atoms with Crippen molar-refractivity contribution in [2.75, 3.05) is 11.1 Å². The molecule has 4 nitrogen and oxygen atoms in total. The largest absolute Gasteiger partial charge is 0.383 e. The van der Waals surface area contributed by atoms with Crippen molar-refractivity contribution in [1.29, 1.82) is 0 Å². The summed E-state index contributed by atoms with van der Waals surface area (Å²) < 4.78 is 0. The minimum Gasteiger partial charge on any atom is -0.383 e. The highest BCUT2D eigenvalue weighted by molar-refractivity contribution is 5.55. The van der Waals surface area contributed by atoms with E-state index in [-0.39, 0.29) is 0 Å². The van der Waals surface area contributed by atoms with Gasteiger partial charge in [0.15, 0.2) is 0 Å². The smallest absolute Gasteiger partial charge is 0.136 e. The Labute approximate surface area is 121 Å². The molecule has 2 aliphatic carbocycles. The first-order valence-corrected chi connectivity index (χ1v) is 7.93. The van der Waals surface area contributed by atoms with Gasteiger partial charge < -0.3 is 11.1 Å². The van der Waals surface area contributed by atoms with Crippen LogP contribution in [0.1, 0.15) is 63.3 Å². The Morgan fingerprint density at radius 1 is 1.05 bits per heavy atom. The fourth-order valence-electron chi connectivity index (χ4n) is 3.47. The normalized spacial score (nSPS) is 30.2. The Balaban J connectivity index is 1.79. The summed E-state index contributed by atoms with van der Waals surface area (Å²) in [5.74, 6) is 4.67. The van der Waals surface area contributed by atoms with Gasteiger partial charge in [-0.25, -0.2) is 9.97 Å². The maximum atomic E-state index is 6.06. The van der Waals surface area contributed by atoms with Gasteiger partial charge in [-0.15, -0.1) is 0 Å². The summed E-state index contributed by atoms with van der Waals surface area (Å²) in [5, 5.41) is 3.64. The van der Waals surface area contributed by atoms with Crippen molar-refractivity contribution >= 4 is 11.6 Å². The quantitative estimate of drug-likeness (QED) is 0.885. The van der Waals surface area contributed by atoms with Crippen molar-refractivity contribution in [2.45, 2.75) is 64.8 Å². The molecule has 0 aromatic carbocycles. The van der Waals surface area contributed by atoms with E-state index >= 15 is 0 Å². The number of nitrogens with two attached hydrogens (primary N) is 1. The van der Waals surface area contributed by atoms with E-state index in [0.29, 0.717) is 17.8 Å². The maximum Gasteiger partial charge on any atom is 0.136 e. The average Bonchev–Trinajstić information content (AvgIpc) is 3.17. The minimum absolute atomic E-state index is 0.522. The molecule has 2 aliphatic rings. The van der Waals surface area contributed by atoms with Crippen LogP contribution in [0.2, 0.25) is 0 Å². The molecule has 1 aromatic rings. The molecule has 110 valence electrons. The molecular formula is C16H26N4. The summed E-state index contributed by atoms with van der Waals surface area (Å²) >= 11 is 0. The Morgan fingerprint density at radius 3 is 2.30 bits per heavy atom. The number of nitrogen functional groups attached to an aromatic ring is 1. The van der Waals surface area contributed by atoms with Gasteiger partial charge in [0.1, 0.15) is 17.5 Å². The Morgan fingerprint density at radius 2 is 1.70 bits per heavy atom. The molecule has 0 aliphatic heterocycles. The van der Waals surface area contributed by atoms with Crippen LogP contribution in [0.25, 0.3) is 0 Å². The second kappa shape index (κ2) is 5.23. The van der Waals surface area contributed by atoms with Crippen LogP contribution >= 0.6 is 0 Å². The molecule has 3 N–H and O–H groups in total. The maximum absolute atomic E-state index is 6.06. The SMILES string of the molecule is Cc1c(N)nc(C2CC2)nc1NC1CC(C)CC(C)C1. The molecule has 1 aromatic heterocycles. The average molecular weight is 274 g/mol. The molecule has 3 rings (SSSR count). The molecule has 0 spiro atoms. The van der Waals surface area contributed by atoms with Crippen molar-refractivity contribution in [3.63, 3.8) is 0 Å². The van der Waals surface area contributed by atoms with Gasteiger partial charge in [0.25, 0.3) is 0 Å². The first-order chi connectivity index (χ1) is 9.52. The van der Waals surface area contributed by atoms with Crippen LogP contribution in [0.15, 0.2) is 0 Å². The number of nitrogens with zero attached hydrogens (tertiary/aromatic N) is 2. The molecule has 0 saturated heterocycles. The summed E-state index contributed by atoms with van der Waals surface area (Å²) in [6.45, 7) is 6.71. The van der Waals surface area contributed by atoms with E-state index in [1.165, 1.54) is 32.1 Å². The third kappa shape index (κ3) is 2.89. The van der Waals surface area contributed by atoms with E-state index < -0.39 is 0 Å². The lowest BCUT2D eigenvalue weighted by molar-refractivity contribution is 0.280. The molecule has 2 unspecified atom stereocenters. The predicted octanol–water partition coefficient (Wildman–Crippen LogP) is 3.48. The van der Waals surface area contributed by atoms with E-state index in [1.807, 2.05) is 6.92 Å². The van der Waals surface area contributed by atoms with Crippen LogP contribution in [0.5, 0.6) is 0 Å². The molecule has 0 radical (unpaired) electrons. The van der Waals surface area contributed by atoms with Crippen LogP contribution in [0.3, 0.4) is 0 Å². The minimum atomic E-state index is 0.522. The molecular weight excluding hydrogens is 248 g/mol. The summed E-state index contributed by atoms with van der Waals surface area (Å²) in [7, 11) is 0. The van der Waals surface area contributed by atoms with E-state index in [2.05, 4.69) is 24.1 Å². The summed E-state index contributed by atoms with van der Waals surface area (Å²) in [5.41, 5.74) is 7.06. The number of hydrogen-bond acceptors (Lipinski definition) is 4. The summed E-state index contributed by atoms with van der Waals surface area (Å²) in [6.07, 6.45) is 6.22. The van der Waals surface area contributed by atoms with Crippen LogP contribution in [-0.2, 0) is 0 Å². The van der Waals surface area contributed by atoms with Gasteiger partial charge in [-0.1, -0.05) is 13.8 Å². The number of anilines is 2. The number of aromatic nitrogens is 2. The molecule has 2 fully saturated rings. The fourth-order valence-corrected chi connectivity index (χ4v) is 3.47. The lowest BCUT2D eigenvalue weighted by Gasteiger charge is -2.32. The highest BCUT2D eigenvalue weighted by Crippen LogP contribution is 2.39. The summed E-state index contributed by atoms with van der Waals surface area (Å²) in [4.78, 5) is 9.18. The van der Waals surface area contributed by atoms with Gasteiger partial charge in [-0.2, -0.15) is 0 Å². The highest BCUT2D eigenvalue weighted by Gasteiger charge is 2.29. The van der Waals surface area contributed by atoms with Crippen LogP contribution in [0, 0.1) is 18.8 Å². The zero-order valence-electron chi connectivity index (χ0n) is 12.8. The Hall–Kier alpha value is -1.32. The standard InChI is InChI=1S/C16H26N4/c1-9-6-10(2)8-13(7-9)18-15-11(3)14(17)19-16(20-15)12-4-5-12/h9-10,12-13H,4-8H2,1-3H3,(H3,17,18,19,20). The Bertz CT molecular complexity index is 485. The van der Waals surface area contributed by atoms with Crippen molar-refractivity contribution in [2.24, 2.45) is 11.8 Å². The lowest BCUT2D eigenvalue weighted by Crippen LogP contribution is -2.31. The number of nitrogens with one attached hydrogen (secondary N) is 1. The van der Waals surface area contributed by atoms with Crippen LogP contribution in [0.4, 0.5) is 11.6 Å². The van der Waals surface area contributed by atoms with Crippen molar-refractivity contribution in [1.82, 2.24) is 9.97 Å². The van der Waals surface area contributed by atoms with Gasteiger partial charge in [0.05, 0.1) is 0 Å². The second-order valence-electron chi connectivity index (χ2n) is 6.97. The van der Waals surface area contributed by atoms with E-state index in [0.717, 1.165) is 29.0 Å². The topological polar surface area (TPSA) is 63.8 Å². The molecule has 1 heterocycles. The third-order valence-electron chi connectivity index (χ3n) is 4.66. The lowest BCUT2D eigenvalue weighted by atomic mass is 9.80. The molecule has 0 amide bonds. The van der Waals surface area contributed by atoms with E-state index in [9.17, 15) is 0 Å². The van der Waals surface area contributed by atoms with E-state index in [4.69, 9.17) is 10.7 Å². The van der Waals surface area contributed by atoms with Gasteiger partial charge in [-0.05, 0) is 50.9 Å². The van der Waals surface area contributed by atoms with Crippen LogP contribution < -0.4 is 11.1 Å². The van der Waals surface area contributed by atoms with Gasteiger partial charge >= 0.3 is 0 Å². The summed E-state index contributed by atoms with van der Waals surface area (Å²) in [6, 6.07) is 0.522. The monoisotopic (exact) mass is 274 g/mol. The first kappa shape index (κ1) is 13.7. The number of hydrogen-bond donors (Lipinski definition) is 2. The molecule has 2 saturated carbocycles. The van der Waals surface area contributed by atoms with Crippen LogP contribution in [-0.4, -0.2) is 16.0 Å². The number of rotatable bonds is 3. The van der Waals surface area contributed by atoms with Crippen molar-refractivity contribution in [3.8, 4) is 0 Å². The van der Waals surface area contributed by atoms with Gasteiger partial charge in [0.2, 0.25) is 0 Å². The zero-order valence-corrected chi connectivity index (χ0v) is 12.8. The van der Waals surface area contributed by atoms with Crippen molar-refractivity contribution < 1.29 is 0 Å². The van der Waals surface area contributed by atoms with E-state index in [1.54, 1.807) is 0 Å². The first-order valence-electron chi connectivity index (χ1n) is 7.93. The molecule has 2 atom stereocenters. The highest BCUT2D eigenvalue weighted by atomic mass is 15.1. The van der Waals surface area contributed by atoms with Gasteiger partial charge in [0, 0.05) is 17.5 Å². The predicted molar refractivity (Wildman–Crippen MR) is 82.7 cm³/mol. The Kier molecular flexibility index (Phi) is 3.57. The van der Waals surface area contributed by atoms with Crippen molar-refractivity contribution in [3.05, 3.63) is 11.4 Å².